The van der Waals surface area contributed by atoms with Crippen molar-refractivity contribution in [2.75, 3.05) is 19.4 Å². The molecule has 6 heteroatoms. The summed E-state index contributed by atoms with van der Waals surface area (Å²) in [6.45, 7) is 2.55. The zero-order valence-electron chi connectivity index (χ0n) is 11.3. The molecule has 0 aromatic heterocycles. The van der Waals surface area contributed by atoms with Crippen LogP contribution in [0.15, 0.2) is 29.2 Å². The van der Waals surface area contributed by atoms with Gasteiger partial charge in [-0.15, -0.1) is 0 Å². The number of aryl methyl sites for hydroxylation is 1. The summed E-state index contributed by atoms with van der Waals surface area (Å²) >= 11 is 1.62. The Labute approximate surface area is 119 Å². The summed E-state index contributed by atoms with van der Waals surface area (Å²) < 4.78 is 26.6. The zero-order chi connectivity index (χ0) is 14.3. The molecule has 0 saturated heterocycles. The fourth-order valence-electron chi connectivity index (χ4n) is 1.51. The molecule has 1 atom stereocenters. The predicted molar refractivity (Wildman–Crippen MR) is 80.0 cm³/mol. The molecule has 108 valence electrons. The van der Waals surface area contributed by atoms with Gasteiger partial charge in [-0.2, -0.15) is 11.8 Å². The Morgan fingerprint density at radius 2 is 1.95 bits per heavy atom. The molecule has 1 aromatic carbocycles. The van der Waals surface area contributed by atoms with E-state index in [9.17, 15) is 8.42 Å². The number of thioether (sulfide) groups is 1. The van der Waals surface area contributed by atoms with Gasteiger partial charge in [0.25, 0.3) is 0 Å². The Bertz CT molecular complexity index is 471. The predicted octanol–water partition coefficient (Wildman–Crippen LogP) is 1.64. The second-order valence-corrected chi connectivity index (χ2v) is 7.41. The van der Waals surface area contributed by atoms with E-state index < -0.39 is 10.0 Å². The fourth-order valence-corrected chi connectivity index (χ4v) is 3.00. The van der Waals surface area contributed by atoms with Crippen LogP contribution in [0, 0.1) is 0 Å². The third-order valence-electron chi connectivity index (χ3n) is 2.82. The number of aliphatic hydroxyl groups is 1. The van der Waals surface area contributed by atoms with E-state index in [2.05, 4.69) is 4.72 Å². The van der Waals surface area contributed by atoms with E-state index in [-0.39, 0.29) is 16.8 Å². The quantitative estimate of drug-likeness (QED) is 0.766. The lowest BCUT2D eigenvalue weighted by Crippen LogP contribution is -2.29. The van der Waals surface area contributed by atoms with Gasteiger partial charge in [-0.1, -0.05) is 19.1 Å². The van der Waals surface area contributed by atoms with E-state index in [0.717, 1.165) is 12.0 Å². The highest BCUT2D eigenvalue weighted by Crippen LogP contribution is 2.12. The van der Waals surface area contributed by atoms with E-state index >= 15 is 0 Å². The molecule has 0 aliphatic carbocycles. The second kappa shape index (κ2) is 7.89. The summed E-state index contributed by atoms with van der Waals surface area (Å²) in [5.41, 5.74) is 1.03. The molecule has 2 N–H and O–H groups in total. The average Bonchev–Trinajstić information content (AvgIpc) is 2.43. The number of aliphatic hydroxyl groups excluding tert-OH is 1. The van der Waals surface area contributed by atoms with Crippen LogP contribution in [0.4, 0.5) is 0 Å². The lowest BCUT2D eigenvalue weighted by molar-refractivity contribution is 0.288. The first-order chi connectivity index (χ1) is 8.99. The molecule has 1 aromatic rings. The van der Waals surface area contributed by atoms with Gasteiger partial charge in [0.15, 0.2) is 0 Å². The third-order valence-corrected chi connectivity index (χ3v) is 5.23. The van der Waals surface area contributed by atoms with Crippen molar-refractivity contribution in [1.29, 1.82) is 0 Å². The van der Waals surface area contributed by atoms with Crippen molar-refractivity contribution in [3.8, 4) is 0 Å². The van der Waals surface area contributed by atoms with Crippen molar-refractivity contribution in [2.45, 2.75) is 29.9 Å². The zero-order valence-corrected chi connectivity index (χ0v) is 12.9. The van der Waals surface area contributed by atoms with Crippen molar-refractivity contribution < 1.29 is 13.5 Å². The topological polar surface area (TPSA) is 66.4 Å². The molecule has 0 amide bonds. The first-order valence-electron chi connectivity index (χ1n) is 6.22. The van der Waals surface area contributed by atoms with Crippen molar-refractivity contribution in [3.05, 3.63) is 29.8 Å². The van der Waals surface area contributed by atoms with Crippen molar-refractivity contribution in [2.24, 2.45) is 0 Å². The van der Waals surface area contributed by atoms with Crippen molar-refractivity contribution >= 4 is 21.8 Å². The van der Waals surface area contributed by atoms with Crippen LogP contribution in [0.3, 0.4) is 0 Å². The molecule has 0 bridgehead atoms. The lowest BCUT2D eigenvalue weighted by atomic mass is 10.1. The van der Waals surface area contributed by atoms with Crippen LogP contribution in [0.5, 0.6) is 0 Å². The minimum Gasteiger partial charge on any atom is -0.396 e. The third kappa shape index (κ3) is 5.52. The molecule has 0 radical (unpaired) electrons. The molecule has 0 aliphatic heterocycles. The van der Waals surface area contributed by atoms with E-state index in [1.807, 2.05) is 13.2 Å². The summed E-state index contributed by atoms with van der Waals surface area (Å²) in [5.74, 6) is 0. The summed E-state index contributed by atoms with van der Waals surface area (Å²) in [5, 5.41) is 9.00. The van der Waals surface area contributed by atoms with Gasteiger partial charge in [-0.25, -0.2) is 13.1 Å². The second-order valence-electron chi connectivity index (χ2n) is 4.37. The Morgan fingerprint density at radius 1 is 1.32 bits per heavy atom. The van der Waals surface area contributed by atoms with Crippen LogP contribution in [0.1, 0.15) is 18.9 Å². The summed E-state index contributed by atoms with van der Waals surface area (Å²) in [6.07, 6.45) is 3.40. The minimum absolute atomic E-state index is 0.147. The molecule has 0 fully saturated rings. The van der Waals surface area contributed by atoms with Crippen LogP contribution < -0.4 is 4.72 Å². The van der Waals surface area contributed by atoms with Crippen LogP contribution in [0.25, 0.3) is 0 Å². The number of nitrogens with one attached hydrogen (secondary N) is 1. The van der Waals surface area contributed by atoms with Crippen LogP contribution in [-0.4, -0.2) is 38.2 Å². The number of rotatable bonds is 8. The molecular formula is C13H21NO3S2. The van der Waals surface area contributed by atoms with Crippen LogP contribution in [-0.2, 0) is 16.4 Å². The van der Waals surface area contributed by atoms with Gasteiger partial charge < -0.3 is 5.11 Å². The number of benzene rings is 1. The van der Waals surface area contributed by atoms with Crippen LogP contribution in [0.2, 0.25) is 0 Å². The number of hydrogen-bond donors (Lipinski definition) is 2. The monoisotopic (exact) mass is 303 g/mol. The summed E-state index contributed by atoms with van der Waals surface area (Å²) in [4.78, 5) is 0.286. The van der Waals surface area contributed by atoms with Gasteiger partial charge in [0.05, 0.1) is 4.90 Å². The first-order valence-corrected chi connectivity index (χ1v) is 8.99. The van der Waals surface area contributed by atoms with Crippen LogP contribution >= 0.6 is 11.8 Å². The SMILES string of the molecule is CSC(C)CNS(=O)(=O)c1ccc(CCCO)cc1. The molecule has 1 rings (SSSR count). The van der Waals surface area contributed by atoms with Gasteiger partial charge >= 0.3 is 0 Å². The maximum Gasteiger partial charge on any atom is 0.240 e. The highest BCUT2D eigenvalue weighted by atomic mass is 32.2. The molecule has 1 unspecified atom stereocenters. The largest absolute Gasteiger partial charge is 0.396 e. The Morgan fingerprint density at radius 3 is 2.47 bits per heavy atom. The molecule has 4 nitrogen and oxygen atoms in total. The molecule has 0 spiro atoms. The maximum atomic E-state index is 12.0. The van der Waals surface area contributed by atoms with Crippen molar-refractivity contribution in [1.82, 2.24) is 4.72 Å². The highest BCUT2D eigenvalue weighted by molar-refractivity contribution is 7.99. The van der Waals surface area contributed by atoms with E-state index in [0.29, 0.717) is 13.0 Å². The minimum atomic E-state index is -3.42. The molecule has 0 heterocycles. The Hall–Kier alpha value is -0.560. The summed E-state index contributed by atoms with van der Waals surface area (Å²) in [7, 11) is -3.42. The standard InChI is InChI=1S/C13H21NO3S2/c1-11(18-2)10-14-19(16,17)13-7-5-12(6-8-13)4-3-9-15/h5-8,11,14-15H,3-4,9-10H2,1-2H3. The Kier molecular flexibility index (Phi) is 6.85. The van der Waals surface area contributed by atoms with E-state index in [1.165, 1.54) is 0 Å². The lowest BCUT2D eigenvalue weighted by Gasteiger charge is -2.11. The number of hydrogen-bond acceptors (Lipinski definition) is 4. The smallest absolute Gasteiger partial charge is 0.240 e. The summed E-state index contributed by atoms with van der Waals surface area (Å²) in [6, 6.07) is 6.81. The first kappa shape index (κ1) is 16.5. The van der Waals surface area contributed by atoms with Gasteiger partial charge in [0.2, 0.25) is 10.0 Å². The van der Waals surface area contributed by atoms with E-state index in [1.54, 1.807) is 36.0 Å². The molecule has 19 heavy (non-hydrogen) atoms. The fraction of sp³-hybridized carbons (Fsp3) is 0.538. The van der Waals surface area contributed by atoms with E-state index in [4.69, 9.17) is 5.11 Å². The molecule has 0 aliphatic rings. The number of sulfonamides is 1. The maximum absolute atomic E-state index is 12.0. The average molecular weight is 303 g/mol. The van der Waals surface area contributed by atoms with Gasteiger partial charge in [0, 0.05) is 18.4 Å². The normalized spacial score (nSPS) is 13.4. The van der Waals surface area contributed by atoms with Gasteiger partial charge in [0.1, 0.15) is 0 Å². The van der Waals surface area contributed by atoms with Gasteiger partial charge in [-0.05, 0) is 36.8 Å². The van der Waals surface area contributed by atoms with Crippen molar-refractivity contribution in [3.63, 3.8) is 0 Å². The van der Waals surface area contributed by atoms with Gasteiger partial charge in [-0.3, -0.25) is 0 Å². The highest BCUT2D eigenvalue weighted by Gasteiger charge is 2.14. The molecular weight excluding hydrogens is 282 g/mol. The molecule has 0 saturated carbocycles. The Balaban J connectivity index is 2.68.